The Bertz CT molecular complexity index is 741. The van der Waals surface area contributed by atoms with Gasteiger partial charge in [-0.15, -0.1) is 0 Å². The molecule has 2 nitrogen and oxygen atoms in total. The molecule has 3 rings (SSSR count). The summed E-state index contributed by atoms with van der Waals surface area (Å²) in [6, 6.07) is 16.5. The Morgan fingerprint density at radius 1 is 1.00 bits per heavy atom. The Morgan fingerprint density at radius 3 is 2.38 bits per heavy atom. The molecule has 0 saturated carbocycles. The van der Waals surface area contributed by atoms with E-state index in [0.29, 0.717) is 0 Å². The van der Waals surface area contributed by atoms with Gasteiger partial charge in [-0.2, -0.15) is 0 Å². The standard InChI is InChI=1S/C18H17ClN2/c1-13-11-20-14(2)21(13)12-17-9-8-16(10-18(17)19)15-6-4-3-5-7-15/h3-11H,12H2,1-2H3. The van der Waals surface area contributed by atoms with Gasteiger partial charge in [-0.1, -0.05) is 54.1 Å². The van der Waals surface area contributed by atoms with E-state index in [-0.39, 0.29) is 0 Å². The van der Waals surface area contributed by atoms with E-state index in [1.165, 1.54) is 5.56 Å². The fourth-order valence-electron chi connectivity index (χ4n) is 2.48. The molecule has 106 valence electrons. The van der Waals surface area contributed by atoms with E-state index < -0.39 is 0 Å². The first kappa shape index (κ1) is 13.9. The first-order valence-electron chi connectivity index (χ1n) is 6.98. The molecule has 0 amide bonds. The molecule has 0 radical (unpaired) electrons. The van der Waals surface area contributed by atoms with E-state index in [1.807, 2.05) is 37.4 Å². The van der Waals surface area contributed by atoms with Crippen LogP contribution in [0.5, 0.6) is 0 Å². The fourth-order valence-corrected chi connectivity index (χ4v) is 2.72. The van der Waals surface area contributed by atoms with E-state index in [0.717, 1.165) is 34.2 Å². The number of benzene rings is 2. The summed E-state index contributed by atoms with van der Waals surface area (Å²) in [5, 5.41) is 0.795. The van der Waals surface area contributed by atoms with E-state index in [1.54, 1.807) is 0 Å². The lowest BCUT2D eigenvalue weighted by molar-refractivity contribution is 0.738. The van der Waals surface area contributed by atoms with Crippen molar-refractivity contribution in [1.82, 2.24) is 9.55 Å². The molecule has 0 N–H and O–H groups in total. The van der Waals surface area contributed by atoms with Crippen molar-refractivity contribution in [3.8, 4) is 11.1 Å². The highest BCUT2D eigenvalue weighted by atomic mass is 35.5. The van der Waals surface area contributed by atoms with Gasteiger partial charge >= 0.3 is 0 Å². The van der Waals surface area contributed by atoms with Gasteiger partial charge in [-0.25, -0.2) is 4.98 Å². The molecule has 2 aromatic carbocycles. The van der Waals surface area contributed by atoms with Crippen LogP contribution in [0.4, 0.5) is 0 Å². The summed E-state index contributed by atoms with van der Waals surface area (Å²) >= 11 is 6.47. The zero-order valence-electron chi connectivity index (χ0n) is 12.2. The topological polar surface area (TPSA) is 17.8 Å². The zero-order valence-corrected chi connectivity index (χ0v) is 12.9. The highest BCUT2D eigenvalue weighted by Crippen LogP contribution is 2.26. The van der Waals surface area contributed by atoms with E-state index in [4.69, 9.17) is 11.6 Å². The highest BCUT2D eigenvalue weighted by molar-refractivity contribution is 6.31. The highest BCUT2D eigenvalue weighted by Gasteiger charge is 2.08. The quantitative estimate of drug-likeness (QED) is 0.674. The zero-order chi connectivity index (χ0) is 14.8. The summed E-state index contributed by atoms with van der Waals surface area (Å²) in [5.74, 6) is 1.01. The summed E-state index contributed by atoms with van der Waals surface area (Å²) in [6.07, 6.45) is 1.89. The molecule has 0 spiro atoms. The maximum atomic E-state index is 6.47. The third-order valence-electron chi connectivity index (χ3n) is 3.74. The molecule has 0 aliphatic heterocycles. The average Bonchev–Trinajstić information content (AvgIpc) is 2.82. The summed E-state index contributed by atoms with van der Waals surface area (Å²) in [5.41, 5.74) is 4.58. The number of aromatic nitrogens is 2. The normalized spacial score (nSPS) is 10.8. The van der Waals surface area contributed by atoms with Crippen molar-refractivity contribution in [3.63, 3.8) is 0 Å². The molecule has 0 atom stereocenters. The van der Waals surface area contributed by atoms with Crippen molar-refractivity contribution in [2.75, 3.05) is 0 Å². The van der Waals surface area contributed by atoms with Crippen molar-refractivity contribution in [3.05, 3.63) is 76.8 Å². The smallest absolute Gasteiger partial charge is 0.106 e. The van der Waals surface area contributed by atoms with Gasteiger partial charge in [-0.3, -0.25) is 0 Å². The minimum atomic E-state index is 0.756. The van der Waals surface area contributed by atoms with Crippen molar-refractivity contribution >= 4 is 11.6 Å². The molecule has 3 heteroatoms. The van der Waals surface area contributed by atoms with Crippen LogP contribution in [0.3, 0.4) is 0 Å². The third-order valence-corrected chi connectivity index (χ3v) is 4.10. The number of aryl methyl sites for hydroxylation is 2. The minimum Gasteiger partial charge on any atom is -0.328 e. The van der Waals surface area contributed by atoms with Crippen LogP contribution in [-0.2, 0) is 6.54 Å². The monoisotopic (exact) mass is 296 g/mol. The van der Waals surface area contributed by atoms with Crippen molar-refractivity contribution in [1.29, 1.82) is 0 Å². The van der Waals surface area contributed by atoms with Crippen molar-refractivity contribution in [2.45, 2.75) is 20.4 Å². The Balaban J connectivity index is 1.92. The van der Waals surface area contributed by atoms with Gasteiger partial charge < -0.3 is 4.57 Å². The maximum absolute atomic E-state index is 6.47. The van der Waals surface area contributed by atoms with Gasteiger partial charge in [0.1, 0.15) is 5.82 Å². The van der Waals surface area contributed by atoms with Crippen LogP contribution >= 0.6 is 11.6 Å². The molecule has 3 aromatic rings. The van der Waals surface area contributed by atoms with Gasteiger partial charge in [-0.05, 0) is 36.6 Å². The Morgan fingerprint density at radius 2 is 1.76 bits per heavy atom. The van der Waals surface area contributed by atoms with Crippen LogP contribution < -0.4 is 0 Å². The lowest BCUT2D eigenvalue weighted by atomic mass is 10.0. The van der Waals surface area contributed by atoms with E-state index in [9.17, 15) is 0 Å². The Hall–Kier alpha value is -2.06. The number of imidazole rings is 1. The predicted octanol–water partition coefficient (Wildman–Crippen LogP) is 4.87. The number of hydrogen-bond acceptors (Lipinski definition) is 1. The summed E-state index contributed by atoms with van der Waals surface area (Å²) in [4.78, 5) is 4.33. The first-order chi connectivity index (χ1) is 10.1. The lowest BCUT2D eigenvalue weighted by Crippen LogP contribution is -2.04. The molecule has 0 unspecified atom stereocenters. The molecular weight excluding hydrogens is 280 g/mol. The predicted molar refractivity (Wildman–Crippen MR) is 87.7 cm³/mol. The third kappa shape index (κ3) is 2.86. The molecule has 1 heterocycles. The summed E-state index contributed by atoms with van der Waals surface area (Å²) < 4.78 is 2.17. The molecule has 0 fully saturated rings. The van der Waals surface area contributed by atoms with Crippen LogP contribution in [0.1, 0.15) is 17.1 Å². The van der Waals surface area contributed by atoms with Crippen molar-refractivity contribution < 1.29 is 0 Å². The van der Waals surface area contributed by atoms with Gasteiger partial charge in [0, 0.05) is 16.9 Å². The number of hydrogen-bond donors (Lipinski definition) is 0. The first-order valence-corrected chi connectivity index (χ1v) is 7.35. The molecule has 21 heavy (non-hydrogen) atoms. The second-order valence-corrected chi connectivity index (χ2v) is 5.61. The summed E-state index contributed by atoms with van der Waals surface area (Å²) in [6.45, 7) is 4.83. The van der Waals surface area contributed by atoms with Crippen LogP contribution in [0.2, 0.25) is 5.02 Å². The lowest BCUT2D eigenvalue weighted by Gasteiger charge is -2.11. The van der Waals surface area contributed by atoms with Crippen molar-refractivity contribution in [2.24, 2.45) is 0 Å². The SMILES string of the molecule is Cc1cnc(C)n1Cc1ccc(-c2ccccc2)cc1Cl. The van der Waals surface area contributed by atoms with Crippen LogP contribution in [-0.4, -0.2) is 9.55 Å². The van der Waals surface area contributed by atoms with Gasteiger partial charge in [0.25, 0.3) is 0 Å². The van der Waals surface area contributed by atoms with Crippen LogP contribution in [0, 0.1) is 13.8 Å². The van der Waals surface area contributed by atoms with E-state index >= 15 is 0 Å². The van der Waals surface area contributed by atoms with Gasteiger partial charge in [0.15, 0.2) is 0 Å². The second kappa shape index (κ2) is 5.74. The second-order valence-electron chi connectivity index (χ2n) is 5.21. The Kier molecular flexibility index (Phi) is 3.80. The maximum Gasteiger partial charge on any atom is 0.106 e. The number of rotatable bonds is 3. The number of nitrogens with zero attached hydrogens (tertiary/aromatic N) is 2. The summed E-state index contributed by atoms with van der Waals surface area (Å²) in [7, 11) is 0. The molecule has 0 aliphatic rings. The largest absolute Gasteiger partial charge is 0.328 e. The molecule has 0 aliphatic carbocycles. The molecule has 0 bridgehead atoms. The minimum absolute atomic E-state index is 0.756. The fraction of sp³-hybridized carbons (Fsp3) is 0.167. The molecule has 1 aromatic heterocycles. The van der Waals surface area contributed by atoms with Gasteiger partial charge in [0.2, 0.25) is 0 Å². The number of halogens is 1. The average molecular weight is 297 g/mol. The van der Waals surface area contributed by atoms with Crippen LogP contribution in [0.15, 0.2) is 54.7 Å². The van der Waals surface area contributed by atoms with E-state index in [2.05, 4.69) is 40.7 Å². The molecular formula is C18H17ClN2. The van der Waals surface area contributed by atoms with Crippen LogP contribution in [0.25, 0.3) is 11.1 Å². The van der Waals surface area contributed by atoms with Gasteiger partial charge in [0.05, 0.1) is 6.54 Å². The molecule has 0 saturated heterocycles. The Labute approximate surface area is 130 Å².